The van der Waals surface area contributed by atoms with Gasteiger partial charge in [0.2, 0.25) is 11.8 Å². The molecule has 5 nitrogen and oxygen atoms in total. The van der Waals surface area contributed by atoms with Gasteiger partial charge < -0.3 is 15.3 Å². The Kier molecular flexibility index (Phi) is 2.52. The summed E-state index contributed by atoms with van der Waals surface area (Å²) in [6, 6.07) is 0.346. The quantitative estimate of drug-likeness (QED) is 0.732. The summed E-state index contributed by atoms with van der Waals surface area (Å²) in [6.07, 6.45) is 2.17. The Balaban J connectivity index is 1.90. The average molecular weight is 197 g/mol. The first kappa shape index (κ1) is 9.61. The van der Waals surface area contributed by atoms with Crippen molar-refractivity contribution in [3.05, 3.63) is 11.8 Å². The van der Waals surface area contributed by atoms with Crippen molar-refractivity contribution < 1.29 is 9.52 Å². The van der Waals surface area contributed by atoms with Crippen LogP contribution in [0.25, 0.3) is 0 Å². The molecule has 0 amide bonds. The van der Waals surface area contributed by atoms with E-state index in [2.05, 4.69) is 10.2 Å². The van der Waals surface area contributed by atoms with Crippen molar-refractivity contribution in [1.29, 1.82) is 0 Å². The number of nitrogens with two attached hydrogens (primary N) is 1. The molecule has 1 fully saturated rings. The van der Waals surface area contributed by atoms with Crippen LogP contribution in [0.15, 0.2) is 4.42 Å². The van der Waals surface area contributed by atoms with Gasteiger partial charge in [-0.15, -0.1) is 10.2 Å². The minimum Gasteiger partial charge on any atom is -0.422 e. The highest BCUT2D eigenvalue weighted by Gasteiger charge is 2.27. The molecule has 3 N–H and O–H groups in total. The molecule has 0 radical (unpaired) electrons. The van der Waals surface area contributed by atoms with Crippen LogP contribution in [-0.2, 0) is 6.42 Å². The summed E-state index contributed by atoms with van der Waals surface area (Å²) in [4.78, 5) is 0. The second kappa shape index (κ2) is 3.67. The topological polar surface area (TPSA) is 85.2 Å². The van der Waals surface area contributed by atoms with Gasteiger partial charge in [0.1, 0.15) is 6.10 Å². The Morgan fingerprint density at radius 1 is 1.57 bits per heavy atom. The van der Waals surface area contributed by atoms with Crippen molar-refractivity contribution in [2.75, 3.05) is 0 Å². The SMILES string of the molecule is C[C@@H](O)c1nnc(CC2CC(N)C2)o1. The van der Waals surface area contributed by atoms with Crippen molar-refractivity contribution in [2.24, 2.45) is 11.7 Å². The van der Waals surface area contributed by atoms with Gasteiger partial charge in [0, 0.05) is 12.5 Å². The molecule has 0 spiro atoms. The molecular weight excluding hydrogens is 182 g/mol. The smallest absolute Gasteiger partial charge is 0.244 e. The summed E-state index contributed by atoms with van der Waals surface area (Å²) >= 11 is 0. The van der Waals surface area contributed by atoms with E-state index in [1.54, 1.807) is 6.92 Å². The van der Waals surface area contributed by atoms with Crippen LogP contribution in [0.3, 0.4) is 0 Å². The largest absolute Gasteiger partial charge is 0.422 e. The van der Waals surface area contributed by atoms with Gasteiger partial charge in [-0.05, 0) is 25.7 Å². The third-order valence-electron chi connectivity index (χ3n) is 2.58. The maximum absolute atomic E-state index is 9.17. The molecule has 0 aliphatic heterocycles. The standard InChI is InChI=1S/C9H15N3O2/c1-5(13)9-12-11-8(14-9)4-6-2-7(10)3-6/h5-7,13H,2-4,10H2,1H3/t5-,6?,7?/m1/s1. The van der Waals surface area contributed by atoms with Gasteiger partial charge in [-0.25, -0.2) is 0 Å². The lowest BCUT2D eigenvalue weighted by atomic mass is 9.79. The molecule has 1 saturated carbocycles. The normalized spacial score (nSPS) is 28.5. The van der Waals surface area contributed by atoms with Crippen molar-refractivity contribution >= 4 is 0 Å². The lowest BCUT2D eigenvalue weighted by Gasteiger charge is -2.31. The molecule has 0 bridgehead atoms. The maximum atomic E-state index is 9.17. The molecule has 2 rings (SSSR count). The van der Waals surface area contributed by atoms with Crippen LogP contribution in [0.4, 0.5) is 0 Å². The third-order valence-corrected chi connectivity index (χ3v) is 2.58. The molecule has 5 heteroatoms. The first-order valence-corrected chi connectivity index (χ1v) is 4.91. The minimum absolute atomic E-state index is 0.295. The van der Waals surface area contributed by atoms with E-state index in [9.17, 15) is 0 Å². The summed E-state index contributed by atoms with van der Waals surface area (Å²) in [5.74, 6) is 1.48. The lowest BCUT2D eigenvalue weighted by Crippen LogP contribution is -2.37. The van der Waals surface area contributed by atoms with Crippen LogP contribution in [0.5, 0.6) is 0 Å². The van der Waals surface area contributed by atoms with Gasteiger partial charge in [-0.2, -0.15) is 0 Å². The number of nitrogens with zero attached hydrogens (tertiary/aromatic N) is 2. The summed E-state index contributed by atoms with van der Waals surface area (Å²) in [5.41, 5.74) is 5.67. The number of aliphatic hydroxyl groups is 1. The van der Waals surface area contributed by atoms with Gasteiger partial charge in [0.05, 0.1) is 0 Å². The lowest BCUT2D eigenvalue weighted by molar-refractivity contribution is 0.158. The second-order valence-electron chi connectivity index (χ2n) is 4.01. The highest BCUT2D eigenvalue weighted by molar-refractivity contribution is 4.91. The number of rotatable bonds is 3. The molecule has 1 aliphatic rings. The van der Waals surface area contributed by atoms with E-state index < -0.39 is 6.10 Å². The van der Waals surface area contributed by atoms with E-state index in [0.717, 1.165) is 19.3 Å². The van der Waals surface area contributed by atoms with E-state index in [4.69, 9.17) is 15.3 Å². The van der Waals surface area contributed by atoms with E-state index in [-0.39, 0.29) is 0 Å². The Morgan fingerprint density at radius 3 is 2.79 bits per heavy atom. The Bertz CT molecular complexity index is 305. The first-order chi connectivity index (χ1) is 6.65. The monoisotopic (exact) mass is 197 g/mol. The highest BCUT2D eigenvalue weighted by Crippen LogP contribution is 2.28. The molecule has 14 heavy (non-hydrogen) atoms. The number of hydrogen-bond acceptors (Lipinski definition) is 5. The van der Waals surface area contributed by atoms with Gasteiger partial charge >= 0.3 is 0 Å². The zero-order chi connectivity index (χ0) is 10.1. The molecule has 1 aromatic rings. The first-order valence-electron chi connectivity index (χ1n) is 4.91. The summed E-state index contributed by atoms with van der Waals surface area (Å²) in [5, 5.41) is 16.8. The van der Waals surface area contributed by atoms with Crippen molar-refractivity contribution in [3.8, 4) is 0 Å². The van der Waals surface area contributed by atoms with Crippen LogP contribution in [0.2, 0.25) is 0 Å². The molecule has 78 valence electrons. The van der Waals surface area contributed by atoms with Crippen LogP contribution in [0, 0.1) is 5.92 Å². The molecule has 0 aromatic carbocycles. The van der Waals surface area contributed by atoms with Gasteiger partial charge in [-0.1, -0.05) is 0 Å². The van der Waals surface area contributed by atoms with Crippen LogP contribution >= 0.6 is 0 Å². The molecule has 1 aromatic heterocycles. The predicted molar refractivity (Wildman–Crippen MR) is 49.3 cm³/mol. The predicted octanol–water partition coefficient (Wildman–Crippen LogP) is 0.403. The van der Waals surface area contributed by atoms with Gasteiger partial charge in [0.15, 0.2) is 0 Å². The summed E-state index contributed by atoms with van der Waals surface area (Å²) in [6.45, 7) is 1.61. The molecule has 0 unspecified atom stereocenters. The van der Waals surface area contributed by atoms with E-state index in [0.29, 0.717) is 23.7 Å². The fourth-order valence-electron chi connectivity index (χ4n) is 1.72. The summed E-state index contributed by atoms with van der Waals surface area (Å²) < 4.78 is 5.27. The van der Waals surface area contributed by atoms with Crippen molar-refractivity contribution in [2.45, 2.75) is 38.3 Å². The van der Waals surface area contributed by atoms with E-state index >= 15 is 0 Å². The second-order valence-corrected chi connectivity index (χ2v) is 4.01. The fourth-order valence-corrected chi connectivity index (χ4v) is 1.72. The highest BCUT2D eigenvalue weighted by atomic mass is 16.4. The van der Waals surface area contributed by atoms with Gasteiger partial charge in [0.25, 0.3) is 0 Å². The molecule has 0 saturated heterocycles. The summed E-state index contributed by atoms with van der Waals surface area (Å²) in [7, 11) is 0. The molecule has 1 aliphatic carbocycles. The van der Waals surface area contributed by atoms with Crippen LogP contribution < -0.4 is 5.73 Å². The average Bonchev–Trinajstić information content (AvgIpc) is 2.50. The third kappa shape index (κ3) is 1.93. The number of aliphatic hydroxyl groups excluding tert-OH is 1. The Morgan fingerprint density at radius 2 is 2.29 bits per heavy atom. The van der Waals surface area contributed by atoms with E-state index in [1.165, 1.54) is 0 Å². The van der Waals surface area contributed by atoms with Gasteiger partial charge in [-0.3, -0.25) is 0 Å². The van der Waals surface area contributed by atoms with E-state index in [1.807, 2.05) is 0 Å². The zero-order valence-electron chi connectivity index (χ0n) is 8.18. The Hall–Kier alpha value is -0.940. The molecule has 1 heterocycles. The fraction of sp³-hybridized carbons (Fsp3) is 0.778. The zero-order valence-corrected chi connectivity index (χ0v) is 8.18. The molecular formula is C9H15N3O2. The molecule has 1 atom stereocenters. The minimum atomic E-state index is -0.681. The number of hydrogen-bond donors (Lipinski definition) is 2. The van der Waals surface area contributed by atoms with Crippen molar-refractivity contribution in [1.82, 2.24) is 10.2 Å². The maximum Gasteiger partial charge on any atom is 0.244 e. The Labute approximate surface area is 82.3 Å². The van der Waals surface area contributed by atoms with Crippen LogP contribution in [0.1, 0.15) is 37.7 Å². The van der Waals surface area contributed by atoms with Crippen molar-refractivity contribution in [3.63, 3.8) is 0 Å². The number of aromatic nitrogens is 2. The van der Waals surface area contributed by atoms with Crippen LogP contribution in [-0.4, -0.2) is 21.3 Å².